The van der Waals surface area contributed by atoms with Crippen molar-refractivity contribution in [2.45, 2.75) is 38.8 Å². The maximum Gasteiger partial charge on any atom is 0.240 e. The van der Waals surface area contributed by atoms with E-state index in [-0.39, 0.29) is 61.9 Å². The number of hydrogen-bond acceptors (Lipinski definition) is 8. The van der Waals surface area contributed by atoms with Gasteiger partial charge in [0.2, 0.25) is 23.6 Å². The second-order valence-electron chi connectivity index (χ2n) is 6.48. The molecule has 2 heterocycles. The maximum absolute atomic E-state index is 11.4. The lowest BCUT2D eigenvalue weighted by Crippen LogP contribution is -2.59. The quantitative estimate of drug-likeness (QED) is 0.371. The molecule has 2 saturated heterocycles. The number of piperazine rings is 2. The van der Waals surface area contributed by atoms with Crippen molar-refractivity contribution in [1.82, 2.24) is 20.4 Å². The number of nitrogens with one attached hydrogen (secondary N) is 2. The summed E-state index contributed by atoms with van der Waals surface area (Å²) in [6.45, 7) is 5.72. The molecule has 2 atom stereocenters. The monoisotopic (exact) mass is 370 g/mol. The molecule has 10 nitrogen and oxygen atoms in total. The van der Waals surface area contributed by atoms with E-state index in [4.69, 9.17) is 11.5 Å². The number of carbonyl (C=O) groups is 4. The number of imide groups is 2. The molecule has 148 valence electrons. The van der Waals surface area contributed by atoms with Gasteiger partial charge in [0.1, 0.15) is 0 Å². The molecule has 0 aromatic rings. The Kier molecular flexibility index (Phi) is 9.35. The van der Waals surface area contributed by atoms with Crippen LogP contribution in [-0.4, -0.2) is 84.8 Å². The first kappa shape index (κ1) is 22.2. The van der Waals surface area contributed by atoms with Crippen LogP contribution < -0.4 is 22.1 Å². The van der Waals surface area contributed by atoms with Crippen LogP contribution in [0.1, 0.15) is 26.7 Å². The predicted molar refractivity (Wildman–Crippen MR) is 95.7 cm³/mol. The van der Waals surface area contributed by atoms with Gasteiger partial charge < -0.3 is 11.5 Å². The molecular formula is C16H30N6O4. The number of nitrogens with zero attached hydrogens (tertiary/aromatic N) is 2. The van der Waals surface area contributed by atoms with Crippen molar-refractivity contribution >= 4 is 23.6 Å². The maximum atomic E-state index is 11.4. The third kappa shape index (κ3) is 7.56. The number of hydrogen-bond donors (Lipinski definition) is 4. The number of carbonyl (C=O) groups excluding carboxylic acids is 4. The summed E-state index contributed by atoms with van der Waals surface area (Å²) in [7, 11) is 0. The van der Waals surface area contributed by atoms with Crippen molar-refractivity contribution in [2.75, 3.05) is 39.3 Å². The van der Waals surface area contributed by atoms with E-state index < -0.39 is 0 Å². The van der Waals surface area contributed by atoms with Crippen molar-refractivity contribution in [3.63, 3.8) is 0 Å². The summed E-state index contributed by atoms with van der Waals surface area (Å²) in [5, 5.41) is 4.50. The molecule has 0 aromatic carbocycles. The van der Waals surface area contributed by atoms with Gasteiger partial charge in [-0.15, -0.1) is 0 Å². The van der Waals surface area contributed by atoms with Crippen LogP contribution in [0.5, 0.6) is 0 Å². The number of nitrogens with two attached hydrogens (primary N) is 2. The van der Waals surface area contributed by atoms with Crippen LogP contribution in [0.25, 0.3) is 0 Å². The fourth-order valence-corrected chi connectivity index (χ4v) is 2.71. The molecule has 6 N–H and O–H groups in total. The molecule has 0 aromatic heterocycles. The number of rotatable bonds is 6. The van der Waals surface area contributed by atoms with Crippen molar-refractivity contribution in [3.05, 3.63) is 0 Å². The van der Waals surface area contributed by atoms with Gasteiger partial charge in [0.15, 0.2) is 0 Å². The first-order valence-electron chi connectivity index (χ1n) is 8.86. The van der Waals surface area contributed by atoms with Crippen LogP contribution in [0.15, 0.2) is 0 Å². The van der Waals surface area contributed by atoms with Gasteiger partial charge in [0.25, 0.3) is 0 Å². The van der Waals surface area contributed by atoms with Crippen LogP contribution in [0.2, 0.25) is 0 Å². The molecule has 0 radical (unpaired) electrons. The summed E-state index contributed by atoms with van der Waals surface area (Å²) in [6, 6.07) is 0.175. The van der Waals surface area contributed by atoms with Gasteiger partial charge in [-0.25, -0.2) is 0 Å². The second kappa shape index (κ2) is 11.0. The van der Waals surface area contributed by atoms with Crippen molar-refractivity contribution in [1.29, 1.82) is 0 Å². The molecule has 0 aliphatic carbocycles. The zero-order chi connectivity index (χ0) is 19.7. The van der Waals surface area contributed by atoms with E-state index in [0.717, 1.165) is 12.8 Å². The fourth-order valence-electron chi connectivity index (χ4n) is 2.71. The Bertz CT molecular complexity index is 491. The Morgan fingerprint density at radius 2 is 1.35 bits per heavy atom. The SMILES string of the molecule is CCC(CN1CC(=O)NC(=O)C1)N1CC(=O)NC(=O)C1.CCC(N)CN. The Hall–Kier alpha value is -1.88. The lowest BCUT2D eigenvalue weighted by Gasteiger charge is -2.36. The topological polar surface area (TPSA) is 151 Å². The molecular weight excluding hydrogens is 340 g/mol. The molecule has 2 rings (SSSR count). The summed E-state index contributed by atoms with van der Waals surface area (Å²) >= 11 is 0. The molecule has 2 fully saturated rings. The van der Waals surface area contributed by atoms with Gasteiger partial charge in [-0.05, 0) is 12.8 Å². The van der Waals surface area contributed by atoms with Crippen LogP contribution in [-0.2, 0) is 19.2 Å². The Morgan fingerprint density at radius 1 is 0.885 bits per heavy atom. The highest BCUT2D eigenvalue weighted by molar-refractivity contribution is 6.00. The highest BCUT2D eigenvalue weighted by atomic mass is 16.2. The molecule has 0 spiro atoms. The second-order valence-corrected chi connectivity index (χ2v) is 6.48. The fraction of sp³-hybridized carbons (Fsp3) is 0.750. The highest BCUT2D eigenvalue weighted by Gasteiger charge is 2.31. The van der Waals surface area contributed by atoms with Gasteiger partial charge in [-0.2, -0.15) is 0 Å². The summed E-state index contributed by atoms with van der Waals surface area (Å²) < 4.78 is 0. The van der Waals surface area contributed by atoms with Crippen LogP contribution in [0.4, 0.5) is 0 Å². The molecule has 2 unspecified atom stereocenters. The minimum Gasteiger partial charge on any atom is -0.329 e. The van der Waals surface area contributed by atoms with Gasteiger partial charge in [-0.1, -0.05) is 13.8 Å². The number of amides is 4. The first-order valence-corrected chi connectivity index (χ1v) is 8.86. The van der Waals surface area contributed by atoms with Gasteiger partial charge in [-0.3, -0.25) is 39.6 Å². The smallest absolute Gasteiger partial charge is 0.240 e. The molecule has 10 heteroatoms. The van der Waals surface area contributed by atoms with E-state index in [1.807, 2.05) is 13.8 Å². The van der Waals surface area contributed by atoms with Crippen molar-refractivity contribution in [2.24, 2.45) is 11.5 Å². The summed E-state index contributed by atoms with van der Waals surface area (Å²) in [4.78, 5) is 49.0. The minimum absolute atomic E-state index is 0.0382. The lowest BCUT2D eigenvalue weighted by atomic mass is 10.1. The zero-order valence-electron chi connectivity index (χ0n) is 15.5. The zero-order valence-corrected chi connectivity index (χ0v) is 15.5. The van der Waals surface area contributed by atoms with Crippen LogP contribution in [0, 0.1) is 0 Å². The molecule has 0 bridgehead atoms. The minimum atomic E-state index is -0.316. The van der Waals surface area contributed by atoms with Crippen LogP contribution >= 0.6 is 0 Å². The van der Waals surface area contributed by atoms with E-state index in [2.05, 4.69) is 10.6 Å². The average molecular weight is 370 g/mol. The Balaban J connectivity index is 0.000000487. The van der Waals surface area contributed by atoms with E-state index in [0.29, 0.717) is 13.1 Å². The Morgan fingerprint density at radius 3 is 1.69 bits per heavy atom. The third-order valence-corrected chi connectivity index (χ3v) is 4.27. The summed E-state index contributed by atoms with van der Waals surface area (Å²) in [6.07, 6.45) is 1.71. The normalized spacial score (nSPS) is 21.4. The molecule has 26 heavy (non-hydrogen) atoms. The van der Waals surface area contributed by atoms with Gasteiger partial charge in [0.05, 0.1) is 26.2 Å². The van der Waals surface area contributed by atoms with E-state index in [1.165, 1.54) is 0 Å². The average Bonchev–Trinajstić information content (AvgIpc) is 2.57. The highest BCUT2D eigenvalue weighted by Crippen LogP contribution is 2.10. The standard InChI is InChI=1S/C12H18N4O4.C4H12N2/c1-2-8(16-6-11(19)14-12(20)7-16)3-15-4-9(17)13-10(18)5-15;1-2-4(6)3-5/h8H,2-7H2,1H3,(H,13,17,18)(H,14,19,20);4H,2-3,5-6H2,1H3. The Labute approximate surface area is 153 Å². The largest absolute Gasteiger partial charge is 0.329 e. The van der Waals surface area contributed by atoms with E-state index in [1.54, 1.807) is 9.80 Å². The van der Waals surface area contributed by atoms with Gasteiger partial charge >= 0.3 is 0 Å². The third-order valence-electron chi connectivity index (χ3n) is 4.27. The summed E-state index contributed by atoms with van der Waals surface area (Å²) in [5.41, 5.74) is 10.5. The molecule has 0 saturated carbocycles. The first-order chi connectivity index (χ1) is 12.3. The van der Waals surface area contributed by atoms with Crippen molar-refractivity contribution < 1.29 is 19.2 Å². The molecule has 2 aliphatic rings. The van der Waals surface area contributed by atoms with Crippen LogP contribution in [0.3, 0.4) is 0 Å². The van der Waals surface area contributed by atoms with E-state index >= 15 is 0 Å². The van der Waals surface area contributed by atoms with Crippen molar-refractivity contribution in [3.8, 4) is 0 Å². The lowest BCUT2D eigenvalue weighted by molar-refractivity contribution is -0.140. The molecule has 4 amide bonds. The predicted octanol–water partition coefficient (Wildman–Crippen LogP) is -2.64. The van der Waals surface area contributed by atoms with Gasteiger partial charge in [0, 0.05) is 25.2 Å². The summed E-state index contributed by atoms with van der Waals surface area (Å²) in [5.74, 6) is -1.26. The molecule has 2 aliphatic heterocycles. The van der Waals surface area contributed by atoms with E-state index in [9.17, 15) is 19.2 Å².